The summed E-state index contributed by atoms with van der Waals surface area (Å²) >= 11 is 1.91. The molecule has 3 nitrogen and oxygen atoms in total. The maximum absolute atomic E-state index is 10.1. The van der Waals surface area contributed by atoms with E-state index in [0.29, 0.717) is 0 Å². The Hall–Kier alpha value is -0.0618. The van der Waals surface area contributed by atoms with Gasteiger partial charge in [-0.25, -0.2) is 0 Å². The molecule has 0 saturated carbocycles. The molecule has 1 aromatic rings. The summed E-state index contributed by atoms with van der Waals surface area (Å²) in [6, 6.07) is 6.26. The van der Waals surface area contributed by atoms with E-state index >= 15 is 0 Å². The predicted octanol–water partition coefficient (Wildman–Crippen LogP) is 5.27. The number of nitro groups is 1. The van der Waals surface area contributed by atoms with E-state index in [1.807, 2.05) is 0 Å². The van der Waals surface area contributed by atoms with E-state index in [2.05, 4.69) is 36.8 Å². The van der Waals surface area contributed by atoms with Crippen LogP contribution in [0, 0.1) is 10.1 Å². The van der Waals surface area contributed by atoms with Gasteiger partial charge in [-0.2, -0.15) is 0 Å². The van der Waals surface area contributed by atoms with Crippen LogP contribution in [0.2, 0.25) is 13.3 Å². The van der Waals surface area contributed by atoms with Gasteiger partial charge in [0.2, 0.25) is 0 Å². The molecule has 5 heteroatoms. The van der Waals surface area contributed by atoms with Gasteiger partial charge >= 0.3 is 158 Å². The minimum atomic E-state index is -0.839. The summed E-state index contributed by atoms with van der Waals surface area (Å²) < 4.78 is 5.95. The number of hydrogen-bond donors (Lipinski definition) is 0. The molecule has 0 N–H and O–H groups in total. The van der Waals surface area contributed by atoms with Gasteiger partial charge in [-0.1, -0.05) is 0 Å². The van der Waals surface area contributed by atoms with Crippen molar-refractivity contribution < 1.29 is 4.92 Å². The normalized spacial score (nSPS) is 10.3. The van der Waals surface area contributed by atoms with Crippen LogP contribution in [0.1, 0.15) is 59.3 Å². The minimum absolute atomic E-state index is 0.124. The quantitative estimate of drug-likeness (QED) is 0.255. The summed E-state index contributed by atoms with van der Waals surface area (Å²) in [5.74, 6) is 0. The van der Waals surface area contributed by atoms with Crippen molar-refractivity contribution in [2.24, 2.45) is 0 Å². The fourth-order valence-corrected chi connectivity index (χ4v) is 12.0. The number of hydrogen-bond acceptors (Lipinski definition) is 2. The first-order valence-electron chi connectivity index (χ1n) is 8.80. The van der Waals surface area contributed by atoms with Crippen LogP contribution >= 0.6 is 0 Å². The molecule has 0 bridgehead atoms. The van der Waals surface area contributed by atoms with Crippen molar-refractivity contribution in [2.75, 3.05) is 0 Å². The number of rotatable bonds is 10. The number of benzene rings is 1. The summed E-state index contributed by atoms with van der Waals surface area (Å²) in [4.78, 5) is 9.69. The van der Waals surface area contributed by atoms with E-state index in [1.165, 1.54) is 50.7 Å². The van der Waals surface area contributed by atoms with E-state index in [1.54, 1.807) is 25.4 Å². The summed E-state index contributed by atoms with van der Waals surface area (Å²) in [6.45, 7) is 7.00. The van der Waals surface area contributed by atoms with Crippen LogP contribution in [0.15, 0.2) is 24.3 Å². The average molecular weight is 491 g/mol. The molecule has 0 amide bonds. The fraction of sp³-hybridized carbons (Fsp3) is 0.667. The summed E-state index contributed by atoms with van der Waals surface area (Å²) in [5, 5.41) is 10.1. The van der Waals surface area contributed by atoms with E-state index in [0.717, 1.165) is 4.46 Å². The van der Waals surface area contributed by atoms with Crippen LogP contribution in [-0.4, -0.2) is 40.7 Å². The summed E-state index contributed by atoms with van der Waals surface area (Å²) in [5.41, 5.74) is 0.124. The SMILES string of the molecule is CCC[CH2][Sn]([CH2]CCC)[CH2]CCC.O=[N+]([O-])c1ccc([Se])cc1. The van der Waals surface area contributed by atoms with E-state index < -0.39 is 24.7 Å². The van der Waals surface area contributed by atoms with Crippen molar-refractivity contribution in [3.05, 3.63) is 34.4 Å². The Morgan fingerprint density at radius 2 is 1.30 bits per heavy atom. The van der Waals surface area contributed by atoms with Crippen molar-refractivity contribution in [1.29, 1.82) is 0 Å². The van der Waals surface area contributed by atoms with Crippen LogP contribution in [0.25, 0.3) is 0 Å². The number of nitro benzene ring substituents is 1. The molecule has 1 rings (SSSR count). The van der Waals surface area contributed by atoms with Gasteiger partial charge in [0, 0.05) is 0 Å². The van der Waals surface area contributed by atoms with Gasteiger partial charge in [0.25, 0.3) is 0 Å². The van der Waals surface area contributed by atoms with Crippen molar-refractivity contribution in [2.45, 2.75) is 72.6 Å². The van der Waals surface area contributed by atoms with Gasteiger partial charge in [0.15, 0.2) is 0 Å². The third-order valence-corrected chi connectivity index (χ3v) is 13.4. The third kappa shape index (κ3) is 13.0. The molecule has 0 heterocycles. The zero-order valence-corrected chi connectivity index (χ0v) is 19.4. The molecule has 23 heavy (non-hydrogen) atoms. The van der Waals surface area contributed by atoms with Gasteiger partial charge in [0.05, 0.1) is 0 Å². The van der Waals surface area contributed by atoms with Crippen molar-refractivity contribution >= 4 is 45.9 Å². The fourth-order valence-electron chi connectivity index (χ4n) is 2.22. The van der Waals surface area contributed by atoms with E-state index in [9.17, 15) is 10.1 Å². The third-order valence-electron chi connectivity index (χ3n) is 3.70. The van der Waals surface area contributed by atoms with Gasteiger partial charge in [0.1, 0.15) is 0 Å². The molecule has 0 spiro atoms. The van der Waals surface area contributed by atoms with Gasteiger partial charge in [-0.3, -0.25) is 0 Å². The first kappa shape index (κ1) is 22.9. The Bertz CT molecular complexity index is 393. The number of non-ortho nitro benzene ring substituents is 1. The maximum atomic E-state index is 10.1. The topological polar surface area (TPSA) is 43.1 Å². The Kier molecular flexibility index (Phi) is 15.4. The molecule has 0 atom stereocenters. The van der Waals surface area contributed by atoms with Crippen molar-refractivity contribution in [1.82, 2.24) is 0 Å². The van der Waals surface area contributed by atoms with Crippen molar-refractivity contribution in [3.63, 3.8) is 0 Å². The van der Waals surface area contributed by atoms with E-state index in [-0.39, 0.29) is 5.69 Å². The monoisotopic (exact) mass is 493 g/mol. The molecule has 0 aliphatic heterocycles. The molecule has 2 radical (unpaired) electrons. The van der Waals surface area contributed by atoms with E-state index in [4.69, 9.17) is 0 Å². The second-order valence-electron chi connectivity index (χ2n) is 5.81. The number of nitrogens with zero attached hydrogens (tertiary/aromatic N) is 1. The molecule has 130 valence electrons. The first-order valence-corrected chi connectivity index (χ1v) is 15.7. The van der Waals surface area contributed by atoms with Crippen LogP contribution in [-0.2, 0) is 0 Å². The first-order chi connectivity index (χ1) is 11.0. The number of unbranched alkanes of at least 4 members (excludes halogenated alkanes) is 3. The molecule has 0 aliphatic rings. The van der Waals surface area contributed by atoms with Crippen LogP contribution in [0.5, 0.6) is 0 Å². The molecule has 0 aromatic heterocycles. The molecule has 0 unspecified atom stereocenters. The molecular weight excluding hydrogens is 460 g/mol. The predicted molar refractivity (Wildman–Crippen MR) is 103 cm³/mol. The molecular formula is C18H31NO2SeSn. The second kappa shape index (κ2) is 15.5. The summed E-state index contributed by atoms with van der Waals surface area (Å²) in [6.07, 6.45) is 8.85. The zero-order valence-electron chi connectivity index (χ0n) is 14.8. The van der Waals surface area contributed by atoms with Crippen molar-refractivity contribution in [3.8, 4) is 0 Å². The molecule has 0 aliphatic carbocycles. The Morgan fingerprint density at radius 3 is 1.61 bits per heavy atom. The Morgan fingerprint density at radius 1 is 0.913 bits per heavy atom. The van der Waals surface area contributed by atoms with Gasteiger partial charge in [-0.05, 0) is 0 Å². The van der Waals surface area contributed by atoms with Crippen LogP contribution in [0.3, 0.4) is 0 Å². The summed E-state index contributed by atoms with van der Waals surface area (Å²) in [7, 11) is 0. The second-order valence-corrected chi connectivity index (χ2v) is 15.4. The molecule has 0 fully saturated rings. The Balaban J connectivity index is 0.000000433. The van der Waals surface area contributed by atoms with Crippen LogP contribution in [0.4, 0.5) is 5.69 Å². The molecule has 1 aromatic carbocycles. The van der Waals surface area contributed by atoms with Gasteiger partial charge in [-0.15, -0.1) is 0 Å². The molecule has 0 saturated heterocycles. The Labute approximate surface area is 157 Å². The van der Waals surface area contributed by atoms with Crippen LogP contribution < -0.4 is 4.46 Å². The van der Waals surface area contributed by atoms with Gasteiger partial charge < -0.3 is 0 Å². The average Bonchev–Trinajstić information content (AvgIpc) is 2.55. The zero-order chi connectivity index (χ0) is 17.5. The standard InChI is InChI=1S/C6H4NO2Se.3C4H9.Sn/c8-7(9)5-1-3-6(10)4-2-5;3*1-3-4-2;/h1-4H;3*1,3-4H2,2H3;.